The van der Waals surface area contributed by atoms with Gasteiger partial charge in [0.2, 0.25) is 0 Å². The van der Waals surface area contributed by atoms with Crippen molar-refractivity contribution in [2.75, 3.05) is 5.75 Å². The highest BCUT2D eigenvalue weighted by molar-refractivity contribution is 7.99. The van der Waals surface area contributed by atoms with Crippen molar-refractivity contribution in [1.29, 1.82) is 0 Å². The Morgan fingerprint density at radius 3 is 2.83 bits per heavy atom. The van der Waals surface area contributed by atoms with Crippen LogP contribution in [0, 0.1) is 0 Å². The maximum Gasteiger partial charge on any atom is 0.271 e. The van der Waals surface area contributed by atoms with Gasteiger partial charge in [-0.25, -0.2) is 4.98 Å². The minimum Gasteiger partial charge on any atom is -0.293 e. The molecule has 0 amide bonds. The molecule has 4 nitrogen and oxygen atoms in total. The lowest BCUT2D eigenvalue weighted by Crippen LogP contribution is -2.19. The number of thiophene rings is 1. The van der Waals surface area contributed by atoms with E-state index < -0.39 is 0 Å². The average Bonchev–Trinajstić information content (AvgIpc) is 3.00. The van der Waals surface area contributed by atoms with Crippen LogP contribution < -0.4 is 5.56 Å². The standard InChI is InChI=1S/C15H10Cl2N2O2S2/c1-19-14(21)13-11(4-5-22-13)18-15(19)23-7-12(20)8-2-3-9(16)10(17)6-8/h2-6H,7H2,1H3. The largest absolute Gasteiger partial charge is 0.293 e. The Labute approximate surface area is 150 Å². The van der Waals surface area contributed by atoms with Gasteiger partial charge in [0, 0.05) is 12.6 Å². The quantitative estimate of drug-likeness (QED) is 0.382. The minimum absolute atomic E-state index is 0.102. The van der Waals surface area contributed by atoms with Gasteiger partial charge >= 0.3 is 0 Å². The number of Topliss-reactive ketones (excluding diaryl/α,β-unsaturated/α-hetero) is 1. The summed E-state index contributed by atoms with van der Waals surface area (Å²) in [5.74, 6) is 0.0571. The van der Waals surface area contributed by atoms with Gasteiger partial charge in [-0.1, -0.05) is 35.0 Å². The lowest BCUT2D eigenvalue weighted by atomic mass is 10.1. The number of benzene rings is 1. The van der Waals surface area contributed by atoms with E-state index in [9.17, 15) is 9.59 Å². The summed E-state index contributed by atoms with van der Waals surface area (Å²) in [4.78, 5) is 28.9. The lowest BCUT2D eigenvalue weighted by Gasteiger charge is -2.07. The van der Waals surface area contributed by atoms with Crippen molar-refractivity contribution in [2.24, 2.45) is 7.05 Å². The van der Waals surface area contributed by atoms with E-state index in [0.717, 1.165) is 0 Å². The average molecular weight is 385 g/mol. The molecule has 3 rings (SSSR count). The molecule has 2 aromatic heterocycles. The lowest BCUT2D eigenvalue weighted by molar-refractivity contribution is 0.102. The smallest absolute Gasteiger partial charge is 0.271 e. The monoisotopic (exact) mass is 384 g/mol. The molecule has 0 fully saturated rings. The summed E-state index contributed by atoms with van der Waals surface area (Å²) >= 11 is 14.4. The zero-order chi connectivity index (χ0) is 16.6. The fraction of sp³-hybridized carbons (Fsp3) is 0.133. The van der Waals surface area contributed by atoms with Crippen LogP contribution in [0.1, 0.15) is 10.4 Å². The Hall–Kier alpha value is -1.34. The molecule has 0 saturated carbocycles. The number of carbonyl (C=O) groups is 1. The van der Waals surface area contributed by atoms with Gasteiger partial charge in [-0.2, -0.15) is 0 Å². The molecule has 0 atom stereocenters. The molecule has 0 aliphatic carbocycles. The Morgan fingerprint density at radius 2 is 2.09 bits per heavy atom. The summed E-state index contributed by atoms with van der Waals surface area (Å²) < 4.78 is 2.08. The fourth-order valence-corrected chi connectivity index (χ4v) is 3.95. The molecule has 0 saturated heterocycles. The van der Waals surface area contributed by atoms with Crippen LogP contribution in [0.5, 0.6) is 0 Å². The van der Waals surface area contributed by atoms with Crippen molar-refractivity contribution in [3.63, 3.8) is 0 Å². The maximum absolute atomic E-state index is 12.3. The highest BCUT2D eigenvalue weighted by Crippen LogP contribution is 2.25. The zero-order valence-electron chi connectivity index (χ0n) is 11.9. The molecule has 0 N–H and O–H groups in total. The van der Waals surface area contributed by atoms with Crippen LogP contribution in [0.2, 0.25) is 10.0 Å². The first-order valence-electron chi connectivity index (χ1n) is 6.52. The molecule has 1 aromatic carbocycles. The predicted molar refractivity (Wildman–Crippen MR) is 96.4 cm³/mol. The molecule has 0 spiro atoms. The molecule has 0 bridgehead atoms. The Morgan fingerprint density at radius 1 is 1.30 bits per heavy atom. The number of hydrogen-bond acceptors (Lipinski definition) is 5. The molecule has 0 aliphatic rings. The molecule has 0 radical (unpaired) electrons. The van der Waals surface area contributed by atoms with Gasteiger partial charge in [-0.05, 0) is 29.6 Å². The van der Waals surface area contributed by atoms with E-state index in [1.807, 2.05) is 5.38 Å². The molecular formula is C15H10Cl2N2O2S2. The van der Waals surface area contributed by atoms with E-state index in [4.69, 9.17) is 23.2 Å². The third-order valence-electron chi connectivity index (χ3n) is 3.22. The van der Waals surface area contributed by atoms with Crippen LogP contribution >= 0.6 is 46.3 Å². The summed E-state index contributed by atoms with van der Waals surface area (Å²) in [6.45, 7) is 0. The number of thioether (sulfide) groups is 1. The van der Waals surface area contributed by atoms with E-state index in [1.54, 1.807) is 31.3 Å². The number of halogens is 2. The Kier molecular flexibility index (Phi) is 4.77. The Balaban J connectivity index is 1.82. The number of carbonyl (C=O) groups excluding carboxylic acids is 1. The van der Waals surface area contributed by atoms with Gasteiger partial charge in [0.05, 0.1) is 21.3 Å². The van der Waals surface area contributed by atoms with E-state index in [2.05, 4.69) is 4.98 Å². The minimum atomic E-state index is -0.103. The molecular weight excluding hydrogens is 375 g/mol. The summed E-state index contributed by atoms with van der Waals surface area (Å²) in [6, 6.07) is 6.56. The first-order chi connectivity index (χ1) is 11.0. The van der Waals surface area contributed by atoms with Crippen molar-refractivity contribution < 1.29 is 4.79 Å². The summed E-state index contributed by atoms with van der Waals surface area (Å²) in [5, 5.41) is 3.08. The molecule has 23 heavy (non-hydrogen) atoms. The van der Waals surface area contributed by atoms with Crippen LogP contribution in [0.15, 0.2) is 39.6 Å². The third-order valence-corrected chi connectivity index (χ3v) is 5.88. The van der Waals surface area contributed by atoms with Crippen molar-refractivity contribution in [2.45, 2.75) is 5.16 Å². The first kappa shape index (κ1) is 16.5. The van der Waals surface area contributed by atoms with Crippen LogP contribution in [0.3, 0.4) is 0 Å². The predicted octanol–water partition coefficient (Wildman–Crippen LogP) is 4.28. The summed E-state index contributed by atoms with van der Waals surface area (Å²) in [5.41, 5.74) is 1.03. The number of fused-ring (bicyclic) bond motifs is 1. The molecule has 2 heterocycles. The maximum atomic E-state index is 12.3. The molecule has 3 aromatic rings. The van der Waals surface area contributed by atoms with Gasteiger partial charge in [0.1, 0.15) is 4.70 Å². The fourth-order valence-electron chi connectivity index (χ4n) is 1.98. The van der Waals surface area contributed by atoms with Crippen molar-refractivity contribution in [3.05, 3.63) is 55.6 Å². The van der Waals surface area contributed by atoms with Gasteiger partial charge in [0.15, 0.2) is 10.9 Å². The van der Waals surface area contributed by atoms with Crippen molar-refractivity contribution >= 4 is 62.3 Å². The first-order valence-corrected chi connectivity index (χ1v) is 9.15. The van der Waals surface area contributed by atoms with E-state index in [1.165, 1.54) is 27.7 Å². The van der Waals surface area contributed by atoms with Crippen LogP contribution in [0.25, 0.3) is 10.2 Å². The highest BCUT2D eigenvalue weighted by atomic mass is 35.5. The molecule has 0 aliphatic heterocycles. The summed E-state index contributed by atoms with van der Waals surface area (Å²) in [6.07, 6.45) is 0. The van der Waals surface area contributed by atoms with Gasteiger partial charge in [-0.3, -0.25) is 14.2 Å². The number of hydrogen-bond donors (Lipinski definition) is 0. The van der Waals surface area contributed by atoms with E-state index >= 15 is 0 Å². The zero-order valence-corrected chi connectivity index (χ0v) is 15.0. The number of aromatic nitrogens is 2. The number of ketones is 1. The molecule has 0 unspecified atom stereocenters. The topological polar surface area (TPSA) is 52.0 Å². The third kappa shape index (κ3) is 3.30. The number of rotatable bonds is 4. The second-order valence-corrected chi connectivity index (χ2v) is 7.41. The Bertz CT molecular complexity index is 966. The van der Waals surface area contributed by atoms with Crippen molar-refractivity contribution in [3.8, 4) is 0 Å². The number of nitrogens with zero attached hydrogens (tertiary/aromatic N) is 2. The van der Waals surface area contributed by atoms with Crippen LogP contribution in [0.4, 0.5) is 0 Å². The normalized spacial score (nSPS) is 11.1. The van der Waals surface area contributed by atoms with E-state index in [0.29, 0.717) is 31.0 Å². The SMILES string of the molecule is Cn1c(SCC(=O)c2ccc(Cl)c(Cl)c2)nc2ccsc2c1=O. The second-order valence-electron chi connectivity index (χ2n) is 4.73. The van der Waals surface area contributed by atoms with Gasteiger partial charge < -0.3 is 0 Å². The molecule has 8 heteroatoms. The van der Waals surface area contributed by atoms with Crippen LogP contribution in [-0.2, 0) is 7.05 Å². The van der Waals surface area contributed by atoms with E-state index in [-0.39, 0.29) is 17.1 Å². The summed E-state index contributed by atoms with van der Waals surface area (Å²) in [7, 11) is 1.65. The second kappa shape index (κ2) is 6.65. The van der Waals surface area contributed by atoms with Crippen LogP contribution in [-0.4, -0.2) is 21.1 Å². The highest BCUT2D eigenvalue weighted by Gasteiger charge is 2.13. The van der Waals surface area contributed by atoms with Gasteiger partial charge in [-0.15, -0.1) is 11.3 Å². The van der Waals surface area contributed by atoms with Crippen molar-refractivity contribution in [1.82, 2.24) is 9.55 Å². The van der Waals surface area contributed by atoms with Gasteiger partial charge in [0.25, 0.3) is 5.56 Å². The molecule has 118 valence electrons.